The first-order chi connectivity index (χ1) is 7.57. The second-order valence-electron chi connectivity index (χ2n) is 4.14. The summed E-state index contributed by atoms with van der Waals surface area (Å²) in [5.41, 5.74) is 6.80. The summed E-state index contributed by atoms with van der Waals surface area (Å²) in [6.45, 7) is 4.04. The standard InChI is InChI=1S/C13H20N2O/c1-4-10(2)12(14)13(16)15(3)11-8-6-5-7-9-11/h5-10,12H,4,14H2,1-3H3/t10?,12-/m0/s1. The number of anilines is 1. The van der Waals surface area contributed by atoms with Crippen molar-refractivity contribution in [2.75, 3.05) is 11.9 Å². The number of nitrogens with two attached hydrogens (primary N) is 1. The summed E-state index contributed by atoms with van der Waals surface area (Å²) < 4.78 is 0. The number of carbonyl (C=O) groups excluding carboxylic acids is 1. The highest BCUT2D eigenvalue weighted by Crippen LogP contribution is 2.15. The second kappa shape index (κ2) is 5.66. The Balaban J connectivity index is 2.75. The van der Waals surface area contributed by atoms with Gasteiger partial charge >= 0.3 is 0 Å². The first-order valence-electron chi connectivity index (χ1n) is 5.66. The van der Waals surface area contributed by atoms with Crippen LogP contribution in [0.5, 0.6) is 0 Å². The van der Waals surface area contributed by atoms with Crippen LogP contribution in [0.4, 0.5) is 5.69 Å². The fraction of sp³-hybridized carbons (Fsp3) is 0.462. The average Bonchev–Trinajstić information content (AvgIpc) is 2.36. The molecule has 3 nitrogen and oxygen atoms in total. The number of carbonyl (C=O) groups is 1. The predicted octanol–water partition coefficient (Wildman–Crippen LogP) is 2.02. The van der Waals surface area contributed by atoms with Gasteiger partial charge in [0.25, 0.3) is 0 Å². The summed E-state index contributed by atoms with van der Waals surface area (Å²) in [6.07, 6.45) is 0.912. The van der Waals surface area contributed by atoms with Crippen molar-refractivity contribution < 1.29 is 4.79 Å². The quantitative estimate of drug-likeness (QED) is 0.843. The van der Waals surface area contributed by atoms with Gasteiger partial charge in [0.05, 0.1) is 6.04 Å². The SMILES string of the molecule is CCC(C)[C@H](N)C(=O)N(C)c1ccccc1. The molecule has 0 heterocycles. The number of amides is 1. The topological polar surface area (TPSA) is 46.3 Å². The molecule has 16 heavy (non-hydrogen) atoms. The van der Waals surface area contributed by atoms with Crippen LogP contribution in [0.1, 0.15) is 20.3 Å². The molecule has 0 aliphatic heterocycles. The zero-order chi connectivity index (χ0) is 12.1. The maximum absolute atomic E-state index is 12.0. The third kappa shape index (κ3) is 2.83. The van der Waals surface area contributed by atoms with Gasteiger partial charge in [0.1, 0.15) is 0 Å². The van der Waals surface area contributed by atoms with Crippen LogP contribution in [-0.4, -0.2) is 19.0 Å². The van der Waals surface area contributed by atoms with Crippen molar-refractivity contribution in [1.29, 1.82) is 0 Å². The van der Waals surface area contributed by atoms with Gasteiger partial charge in [0.2, 0.25) is 5.91 Å². The van der Waals surface area contributed by atoms with Gasteiger partial charge in [-0.25, -0.2) is 0 Å². The molecule has 0 aromatic heterocycles. The summed E-state index contributed by atoms with van der Waals surface area (Å²) in [5, 5.41) is 0. The van der Waals surface area contributed by atoms with Crippen LogP contribution in [0.15, 0.2) is 30.3 Å². The molecule has 2 N–H and O–H groups in total. The van der Waals surface area contributed by atoms with E-state index in [1.807, 2.05) is 44.2 Å². The van der Waals surface area contributed by atoms with Crippen molar-refractivity contribution in [3.05, 3.63) is 30.3 Å². The molecule has 1 aromatic carbocycles. The van der Waals surface area contributed by atoms with Gasteiger partial charge in [-0.3, -0.25) is 4.79 Å². The number of nitrogens with zero attached hydrogens (tertiary/aromatic N) is 1. The van der Waals surface area contributed by atoms with Crippen molar-refractivity contribution in [2.24, 2.45) is 11.7 Å². The second-order valence-corrected chi connectivity index (χ2v) is 4.14. The lowest BCUT2D eigenvalue weighted by Gasteiger charge is -2.24. The summed E-state index contributed by atoms with van der Waals surface area (Å²) in [6, 6.07) is 9.14. The largest absolute Gasteiger partial charge is 0.320 e. The Labute approximate surface area is 97.2 Å². The third-order valence-electron chi connectivity index (χ3n) is 3.02. The van der Waals surface area contributed by atoms with Crippen LogP contribution < -0.4 is 10.6 Å². The van der Waals surface area contributed by atoms with Crippen molar-refractivity contribution in [3.8, 4) is 0 Å². The minimum absolute atomic E-state index is 0.0273. The van der Waals surface area contributed by atoms with Gasteiger partial charge in [-0.2, -0.15) is 0 Å². The molecule has 3 heteroatoms. The van der Waals surface area contributed by atoms with Crippen molar-refractivity contribution in [3.63, 3.8) is 0 Å². The molecule has 0 spiro atoms. The molecule has 1 aromatic rings. The molecular weight excluding hydrogens is 200 g/mol. The lowest BCUT2D eigenvalue weighted by Crippen LogP contribution is -2.45. The molecule has 0 aliphatic carbocycles. The van der Waals surface area contributed by atoms with Crippen molar-refractivity contribution in [1.82, 2.24) is 0 Å². The third-order valence-corrected chi connectivity index (χ3v) is 3.02. The van der Waals surface area contributed by atoms with E-state index in [0.717, 1.165) is 12.1 Å². The van der Waals surface area contributed by atoms with E-state index in [0.29, 0.717) is 0 Å². The first kappa shape index (κ1) is 12.7. The summed E-state index contributed by atoms with van der Waals surface area (Å²) in [5.74, 6) is 0.180. The van der Waals surface area contributed by atoms with Crippen LogP contribution in [0, 0.1) is 5.92 Å². The molecule has 0 fully saturated rings. The monoisotopic (exact) mass is 220 g/mol. The Morgan fingerprint density at radius 2 is 1.94 bits per heavy atom. The number of hydrogen-bond acceptors (Lipinski definition) is 2. The molecule has 0 saturated carbocycles. The summed E-state index contributed by atoms with van der Waals surface area (Å²) >= 11 is 0. The van der Waals surface area contributed by atoms with E-state index in [1.165, 1.54) is 0 Å². The lowest BCUT2D eigenvalue weighted by atomic mass is 9.99. The van der Waals surface area contributed by atoms with E-state index in [9.17, 15) is 4.79 Å². The van der Waals surface area contributed by atoms with Gasteiger partial charge in [-0.1, -0.05) is 38.5 Å². The summed E-state index contributed by atoms with van der Waals surface area (Å²) in [7, 11) is 1.76. The average molecular weight is 220 g/mol. The van der Waals surface area contributed by atoms with E-state index in [2.05, 4.69) is 0 Å². The number of para-hydroxylation sites is 1. The van der Waals surface area contributed by atoms with Crippen LogP contribution in [0.3, 0.4) is 0 Å². The summed E-state index contributed by atoms with van der Waals surface area (Å²) in [4.78, 5) is 13.7. The Kier molecular flexibility index (Phi) is 4.50. The Morgan fingerprint density at radius 3 is 2.44 bits per heavy atom. The molecule has 1 rings (SSSR count). The van der Waals surface area contributed by atoms with Crippen LogP contribution in [-0.2, 0) is 4.79 Å². The molecule has 2 atom stereocenters. The van der Waals surface area contributed by atoms with E-state index in [-0.39, 0.29) is 11.8 Å². The van der Waals surface area contributed by atoms with Gasteiger partial charge in [0.15, 0.2) is 0 Å². The Bertz CT molecular complexity index is 337. The zero-order valence-corrected chi connectivity index (χ0v) is 10.2. The van der Waals surface area contributed by atoms with E-state index < -0.39 is 6.04 Å². The van der Waals surface area contributed by atoms with Gasteiger partial charge in [0, 0.05) is 12.7 Å². The molecule has 0 radical (unpaired) electrons. The predicted molar refractivity (Wildman–Crippen MR) is 67.3 cm³/mol. The van der Waals surface area contributed by atoms with E-state index in [4.69, 9.17) is 5.73 Å². The Hall–Kier alpha value is -1.35. The van der Waals surface area contributed by atoms with Gasteiger partial charge in [-0.15, -0.1) is 0 Å². The molecule has 0 bridgehead atoms. The van der Waals surface area contributed by atoms with Crippen LogP contribution >= 0.6 is 0 Å². The fourth-order valence-corrected chi connectivity index (χ4v) is 1.50. The van der Waals surface area contributed by atoms with E-state index in [1.54, 1.807) is 11.9 Å². The maximum atomic E-state index is 12.0. The molecule has 1 unspecified atom stereocenters. The van der Waals surface area contributed by atoms with Crippen LogP contribution in [0.2, 0.25) is 0 Å². The smallest absolute Gasteiger partial charge is 0.243 e. The van der Waals surface area contributed by atoms with Crippen molar-refractivity contribution in [2.45, 2.75) is 26.3 Å². The maximum Gasteiger partial charge on any atom is 0.243 e. The minimum Gasteiger partial charge on any atom is -0.320 e. The minimum atomic E-state index is -0.421. The highest BCUT2D eigenvalue weighted by Gasteiger charge is 2.23. The lowest BCUT2D eigenvalue weighted by molar-refractivity contribution is -0.120. The molecule has 1 amide bonds. The first-order valence-corrected chi connectivity index (χ1v) is 5.66. The zero-order valence-electron chi connectivity index (χ0n) is 10.2. The normalized spacial score (nSPS) is 14.2. The highest BCUT2D eigenvalue weighted by molar-refractivity contribution is 5.96. The Morgan fingerprint density at radius 1 is 1.38 bits per heavy atom. The fourth-order valence-electron chi connectivity index (χ4n) is 1.50. The van der Waals surface area contributed by atoms with Gasteiger partial charge < -0.3 is 10.6 Å². The number of likely N-dealkylation sites (N-methyl/N-ethyl adjacent to an activating group) is 1. The highest BCUT2D eigenvalue weighted by atomic mass is 16.2. The molecule has 0 aliphatic rings. The molecule has 0 saturated heterocycles. The molecule has 88 valence electrons. The van der Waals surface area contributed by atoms with Crippen molar-refractivity contribution >= 4 is 11.6 Å². The van der Waals surface area contributed by atoms with E-state index >= 15 is 0 Å². The van der Waals surface area contributed by atoms with Gasteiger partial charge in [-0.05, 0) is 18.1 Å². The molecular formula is C13H20N2O. The number of benzene rings is 1. The number of hydrogen-bond donors (Lipinski definition) is 1. The van der Waals surface area contributed by atoms with Crippen LogP contribution in [0.25, 0.3) is 0 Å². The number of rotatable bonds is 4.